The molecule has 1 heterocycles. The zero-order valence-electron chi connectivity index (χ0n) is 8.46. The van der Waals surface area contributed by atoms with Gasteiger partial charge in [0, 0.05) is 12.3 Å². The molecular weight excluding hydrogens is 164 g/mol. The van der Waals surface area contributed by atoms with Crippen molar-refractivity contribution in [2.75, 3.05) is 0 Å². The first-order chi connectivity index (χ1) is 5.94. The van der Waals surface area contributed by atoms with E-state index in [1.807, 2.05) is 6.92 Å². The summed E-state index contributed by atoms with van der Waals surface area (Å²) in [5.74, 6) is 0.307. The highest BCUT2D eigenvalue weighted by Crippen LogP contribution is 2.49. The molecule has 1 saturated heterocycles. The van der Waals surface area contributed by atoms with Crippen molar-refractivity contribution < 1.29 is 9.53 Å². The predicted octanol–water partition coefficient (Wildman–Crippen LogP) is 2.29. The number of esters is 1. The van der Waals surface area contributed by atoms with Crippen LogP contribution in [0.3, 0.4) is 0 Å². The molecule has 1 aliphatic heterocycles. The fourth-order valence-corrected chi connectivity index (χ4v) is 2.70. The van der Waals surface area contributed by atoms with E-state index in [1.54, 1.807) is 0 Å². The number of rotatable bonds is 0. The maximum Gasteiger partial charge on any atom is 0.306 e. The SMILES string of the molecule is CC1(C)C=CC[C@@]2(C)OC(=O)C[C@H]12. The summed E-state index contributed by atoms with van der Waals surface area (Å²) in [5, 5.41) is 0. The summed E-state index contributed by atoms with van der Waals surface area (Å²) in [7, 11) is 0. The molecule has 0 N–H and O–H groups in total. The molecule has 13 heavy (non-hydrogen) atoms. The molecule has 2 heteroatoms. The number of carbonyl (C=O) groups excluding carboxylic acids is 1. The number of carbonyl (C=O) groups is 1. The van der Waals surface area contributed by atoms with Crippen molar-refractivity contribution in [1.82, 2.24) is 0 Å². The highest BCUT2D eigenvalue weighted by atomic mass is 16.6. The Morgan fingerprint density at radius 2 is 2.15 bits per heavy atom. The summed E-state index contributed by atoms with van der Waals surface area (Å²) in [5.41, 5.74) is -0.144. The fraction of sp³-hybridized carbons (Fsp3) is 0.727. The van der Waals surface area contributed by atoms with Crippen molar-refractivity contribution in [3.05, 3.63) is 12.2 Å². The zero-order valence-corrected chi connectivity index (χ0v) is 8.46. The van der Waals surface area contributed by atoms with Gasteiger partial charge in [0.2, 0.25) is 0 Å². The van der Waals surface area contributed by atoms with Crippen LogP contribution in [-0.2, 0) is 9.53 Å². The summed E-state index contributed by atoms with van der Waals surface area (Å²) in [4.78, 5) is 11.3. The maximum atomic E-state index is 11.3. The Hall–Kier alpha value is -0.790. The summed E-state index contributed by atoms with van der Waals surface area (Å²) < 4.78 is 5.40. The van der Waals surface area contributed by atoms with Crippen LogP contribution in [0, 0.1) is 11.3 Å². The summed E-state index contributed by atoms with van der Waals surface area (Å²) in [6.45, 7) is 6.40. The van der Waals surface area contributed by atoms with E-state index in [9.17, 15) is 4.79 Å². The molecule has 0 spiro atoms. The van der Waals surface area contributed by atoms with Gasteiger partial charge in [-0.15, -0.1) is 0 Å². The van der Waals surface area contributed by atoms with Crippen LogP contribution in [0.25, 0.3) is 0 Å². The Kier molecular flexibility index (Phi) is 1.60. The van der Waals surface area contributed by atoms with E-state index >= 15 is 0 Å². The monoisotopic (exact) mass is 180 g/mol. The van der Waals surface area contributed by atoms with Gasteiger partial charge in [-0.25, -0.2) is 0 Å². The van der Waals surface area contributed by atoms with Gasteiger partial charge in [-0.1, -0.05) is 26.0 Å². The largest absolute Gasteiger partial charge is 0.459 e. The van der Waals surface area contributed by atoms with E-state index < -0.39 is 0 Å². The van der Waals surface area contributed by atoms with Crippen LogP contribution in [0.5, 0.6) is 0 Å². The van der Waals surface area contributed by atoms with Gasteiger partial charge in [0.1, 0.15) is 5.60 Å². The number of hydrogen-bond donors (Lipinski definition) is 0. The number of hydrogen-bond acceptors (Lipinski definition) is 2. The average Bonchev–Trinajstić information content (AvgIpc) is 2.25. The highest BCUT2D eigenvalue weighted by molar-refractivity contribution is 5.73. The molecule has 0 aromatic heterocycles. The van der Waals surface area contributed by atoms with E-state index in [4.69, 9.17) is 4.74 Å². The quantitative estimate of drug-likeness (QED) is 0.422. The molecule has 0 aromatic rings. The number of ether oxygens (including phenoxy) is 1. The Morgan fingerprint density at radius 1 is 1.46 bits per heavy atom. The molecule has 2 nitrogen and oxygen atoms in total. The topological polar surface area (TPSA) is 26.3 Å². The fourth-order valence-electron chi connectivity index (χ4n) is 2.70. The van der Waals surface area contributed by atoms with Crippen LogP contribution >= 0.6 is 0 Å². The van der Waals surface area contributed by atoms with Crippen LogP contribution in [0.4, 0.5) is 0 Å². The molecule has 1 fully saturated rings. The molecule has 0 radical (unpaired) electrons. The molecule has 0 bridgehead atoms. The van der Waals surface area contributed by atoms with Crippen molar-refractivity contribution in [3.8, 4) is 0 Å². The second-order valence-electron chi connectivity index (χ2n) is 4.97. The zero-order chi connectivity index (χ0) is 9.69. The van der Waals surface area contributed by atoms with Crippen LogP contribution in [0.1, 0.15) is 33.6 Å². The van der Waals surface area contributed by atoms with Gasteiger partial charge < -0.3 is 4.74 Å². The first-order valence-corrected chi connectivity index (χ1v) is 4.84. The Balaban J connectivity index is 2.38. The molecule has 0 unspecified atom stereocenters. The minimum atomic E-state index is -0.241. The lowest BCUT2D eigenvalue weighted by molar-refractivity contribution is -0.148. The Morgan fingerprint density at radius 3 is 2.77 bits per heavy atom. The highest BCUT2D eigenvalue weighted by Gasteiger charge is 2.52. The maximum absolute atomic E-state index is 11.3. The van der Waals surface area contributed by atoms with Gasteiger partial charge in [-0.2, -0.15) is 0 Å². The number of fused-ring (bicyclic) bond motifs is 1. The normalized spacial score (nSPS) is 41.5. The van der Waals surface area contributed by atoms with Crippen molar-refractivity contribution in [2.45, 2.75) is 39.2 Å². The van der Waals surface area contributed by atoms with E-state index in [2.05, 4.69) is 26.0 Å². The lowest BCUT2D eigenvalue weighted by Gasteiger charge is -2.41. The average molecular weight is 180 g/mol. The Bertz CT molecular complexity index is 278. The van der Waals surface area contributed by atoms with Crippen molar-refractivity contribution in [2.24, 2.45) is 11.3 Å². The number of allylic oxidation sites excluding steroid dienone is 1. The van der Waals surface area contributed by atoms with Gasteiger partial charge in [0.15, 0.2) is 0 Å². The molecule has 2 aliphatic rings. The van der Waals surface area contributed by atoms with Gasteiger partial charge in [-0.3, -0.25) is 4.79 Å². The first kappa shape index (κ1) is 8.79. The first-order valence-electron chi connectivity index (χ1n) is 4.84. The third-order valence-electron chi connectivity index (χ3n) is 3.42. The van der Waals surface area contributed by atoms with E-state index in [1.165, 1.54) is 0 Å². The van der Waals surface area contributed by atoms with E-state index in [-0.39, 0.29) is 17.0 Å². The van der Waals surface area contributed by atoms with Crippen LogP contribution in [0.15, 0.2) is 12.2 Å². The molecule has 0 aromatic carbocycles. The summed E-state index contributed by atoms with van der Waals surface area (Å²) in [6.07, 6.45) is 5.79. The standard InChI is InChI=1S/C11H16O2/c1-10(2)5-4-6-11(3)8(10)7-9(12)13-11/h4-5,8H,6-7H2,1-3H3/t8-,11-/m1/s1. The molecule has 1 aliphatic carbocycles. The predicted molar refractivity (Wildman–Crippen MR) is 50.1 cm³/mol. The van der Waals surface area contributed by atoms with E-state index in [0.717, 1.165) is 6.42 Å². The van der Waals surface area contributed by atoms with Gasteiger partial charge >= 0.3 is 5.97 Å². The van der Waals surface area contributed by atoms with Crippen LogP contribution in [-0.4, -0.2) is 11.6 Å². The lowest BCUT2D eigenvalue weighted by atomic mass is 9.65. The molecular formula is C11H16O2. The minimum Gasteiger partial charge on any atom is -0.459 e. The lowest BCUT2D eigenvalue weighted by Crippen LogP contribution is -2.41. The van der Waals surface area contributed by atoms with Gasteiger partial charge in [0.05, 0.1) is 6.42 Å². The smallest absolute Gasteiger partial charge is 0.306 e. The third-order valence-corrected chi connectivity index (χ3v) is 3.42. The van der Waals surface area contributed by atoms with Crippen LogP contribution < -0.4 is 0 Å². The summed E-state index contributed by atoms with van der Waals surface area (Å²) >= 11 is 0. The molecule has 0 amide bonds. The van der Waals surface area contributed by atoms with Crippen molar-refractivity contribution in [1.29, 1.82) is 0 Å². The van der Waals surface area contributed by atoms with Crippen LogP contribution in [0.2, 0.25) is 0 Å². The molecule has 0 saturated carbocycles. The van der Waals surface area contributed by atoms with Gasteiger partial charge in [-0.05, 0) is 12.3 Å². The molecule has 2 rings (SSSR count). The second-order valence-corrected chi connectivity index (χ2v) is 4.97. The van der Waals surface area contributed by atoms with Gasteiger partial charge in [0.25, 0.3) is 0 Å². The van der Waals surface area contributed by atoms with E-state index in [0.29, 0.717) is 12.3 Å². The third kappa shape index (κ3) is 1.19. The Labute approximate surface area is 79.0 Å². The van der Waals surface area contributed by atoms with Crippen molar-refractivity contribution >= 4 is 5.97 Å². The summed E-state index contributed by atoms with van der Waals surface area (Å²) in [6, 6.07) is 0. The molecule has 72 valence electrons. The van der Waals surface area contributed by atoms with Crippen molar-refractivity contribution in [3.63, 3.8) is 0 Å². The second kappa shape index (κ2) is 2.37. The molecule has 2 atom stereocenters. The minimum absolute atomic E-state index is 0.0377.